The zero-order valence-electron chi connectivity index (χ0n) is 15.4. The molecule has 0 bridgehead atoms. The third-order valence-corrected chi connectivity index (χ3v) is 4.93. The van der Waals surface area contributed by atoms with Crippen molar-refractivity contribution in [2.75, 3.05) is 11.5 Å². The lowest BCUT2D eigenvalue weighted by Crippen LogP contribution is -2.67. The van der Waals surface area contributed by atoms with Gasteiger partial charge in [-0.2, -0.15) is 0 Å². The summed E-state index contributed by atoms with van der Waals surface area (Å²) in [7, 11) is 0. The number of amides is 3. The van der Waals surface area contributed by atoms with Crippen LogP contribution in [0.25, 0.3) is 0 Å². The Morgan fingerprint density at radius 1 is 0.885 bits per heavy atom. The zero-order chi connectivity index (χ0) is 20.2. The number of thioether (sulfide) groups is 2. The summed E-state index contributed by atoms with van der Waals surface area (Å²) in [5.41, 5.74) is 3.80. The van der Waals surface area contributed by atoms with Gasteiger partial charge in [0.15, 0.2) is 15.9 Å². The standard InChI is InChI=1S/C16H27N3O5S2/c1-4-5-8-16(15(17)24,18-13(22)6-9-25-11(2)20)19-14(23)7-10-26-12(3)21/h4-10H2,1-3H3,(H2,17,24)(H,18,22)(H,19,23). The predicted octanol–water partition coefficient (Wildman–Crippen LogP) is 0.930. The molecule has 0 unspecified atom stereocenters. The molecule has 0 aromatic rings. The molecule has 148 valence electrons. The Morgan fingerprint density at radius 3 is 1.62 bits per heavy atom. The zero-order valence-corrected chi connectivity index (χ0v) is 17.0. The summed E-state index contributed by atoms with van der Waals surface area (Å²) in [5, 5.41) is 4.83. The lowest BCUT2D eigenvalue weighted by atomic mass is 10.0. The SMILES string of the molecule is CCCCC(NC(=O)CCSC(C)=O)(NC(=O)CCSC(C)=O)C(N)=O. The molecule has 4 N–H and O–H groups in total. The van der Waals surface area contributed by atoms with Crippen molar-refractivity contribution < 1.29 is 24.0 Å². The van der Waals surface area contributed by atoms with Crippen LogP contribution in [0.3, 0.4) is 0 Å². The summed E-state index contributed by atoms with van der Waals surface area (Å²) >= 11 is 2.00. The quantitative estimate of drug-likeness (QED) is 0.411. The lowest BCUT2D eigenvalue weighted by molar-refractivity contribution is -0.137. The molecule has 0 rings (SSSR count). The van der Waals surface area contributed by atoms with E-state index in [1.807, 2.05) is 6.92 Å². The number of hydrogen-bond donors (Lipinski definition) is 3. The van der Waals surface area contributed by atoms with Crippen LogP contribution in [0.5, 0.6) is 0 Å². The van der Waals surface area contributed by atoms with Gasteiger partial charge in [-0.3, -0.25) is 24.0 Å². The van der Waals surface area contributed by atoms with Crippen molar-refractivity contribution in [2.45, 2.75) is 58.5 Å². The van der Waals surface area contributed by atoms with Crippen molar-refractivity contribution >= 4 is 51.5 Å². The van der Waals surface area contributed by atoms with Crippen molar-refractivity contribution in [1.82, 2.24) is 10.6 Å². The highest BCUT2D eigenvalue weighted by atomic mass is 32.2. The van der Waals surface area contributed by atoms with Crippen molar-refractivity contribution in [3.63, 3.8) is 0 Å². The molecule has 0 saturated heterocycles. The molecule has 0 aromatic carbocycles. The Kier molecular flexibility index (Phi) is 12.0. The molecule has 0 aromatic heterocycles. The molecule has 10 heteroatoms. The average Bonchev–Trinajstić information content (AvgIpc) is 2.51. The van der Waals surface area contributed by atoms with Crippen LogP contribution in [-0.2, 0) is 24.0 Å². The smallest absolute Gasteiger partial charge is 0.264 e. The molecule has 0 aliphatic heterocycles. The van der Waals surface area contributed by atoms with Gasteiger partial charge < -0.3 is 16.4 Å². The minimum absolute atomic E-state index is 0.0153. The number of nitrogens with one attached hydrogen (secondary N) is 2. The number of primary amides is 1. The number of carbonyl (C=O) groups excluding carboxylic acids is 5. The van der Waals surface area contributed by atoms with E-state index in [1.54, 1.807) is 0 Å². The highest BCUT2D eigenvalue weighted by Gasteiger charge is 2.39. The summed E-state index contributed by atoms with van der Waals surface area (Å²) in [4.78, 5) is 58.2. The molecule has 0 atom stereocenters. The van der Waals surface area contributed by atoms with E-state index in [4.69, 9.17) is 5.73 Å². The van der Waals surface area contributed by atoms with Gasteiger partial charge in [-0.1, -0.05) is 36.9 Å². The molecular formula is C16H27N3O5S2. The van der Waals surface area contributed by atoms with Gasteiger partial charge in [0.2, 0.25) is 11.8 Å². The van der Waals surface area contributed by atoms with Gasteiger partial charge in [0.25, 0.3) is 5.91 Å². The second-order valence-corrected chi connectivity index (χ2v) is 8.19. The molecule has 3 amide bonds. The third kappa shape index (κ3) is 10.4. The maximum atomic E-state index is 12.1. The largest absolute Gasteiger partial charge is 0.366 e. The highest BCUT2D eigenvalue weighted by Crippen LogP contribution is 2.14. The van der Waals surface area contributed by atoms with E-state index < -0.39 is 23.4 Å². The minimum Gasteiger partial charge on any atom is -0.366 e. The first kappa shape index (κ1) is 24.5. The molecular weight excluding hydrogens is 378 g/mol. The van der Waals surface area contributed by atoms with Gasteiger partial charge in [-0.25, -0.2) is 0 Å². The second kappa shape index (κ2) is 12.7. The maximum absolute atomic E-state index is 12.1. The van der Waals surface area contributed by atoms with Gasteiger partial charge in [-0.15, -0.1) is 0 Å². The van der Waals surface area contributed by atoms with Crippen LogP contribution in [0.2, 0.25) is 0 Å². The van der Waals surface area contributed by atoms with Gasteiger partial charge >= 0.3 is 0 Å². The fourth-order valence-electron chi connectivity index (χ4n) is 2.02. The van der Waals surface area contributed by atoms with E-state index in [1.165, 1.54) is 13.8 Å². The molecule has 26 heavy (non-hydrogen) atoms. The van der Waals surface area contributed by atoms with Gasteiger partial charge in [0.05, 0.1) is 0 Å². The van der Waals surface area contributed by atoms with E-state index >= 15 is 0 Å². The van der Waals surface area contributed by atoms with Gasteiger partial charge in [-0.05, 0) is 12.8 Å². The Labute approximate surface area is 162 Å². The normalized spacial score (nSPS) is 10.9. The Morgan fingerprint density at radius 2 is 1.31 bits per heavy atom. The van der Waals surface area contributed by atoms with Crippen LogP contribution in [0.1, 0.15) is 52.9 Å². The number of carbonyl (C=O) groups is 5. The monoisotopic (exact) mass is 405 g/mol. The van der Waals surface area contributed by atoms with Gasteiger partial charge in [0.1, 0.15) is 0 Å². The first-order valence-electron chi connectivity index (χ1n) is 8.31. The predicted molar refractivity (Wildman–Crippen MR) is 103 cm³/mol. The number of hydrogen-bond acceptors (Lipinski definition) is 7. The molecule has 0 spiro atoms. The van der Waals surface area contributed by atoms with Crippen LogP contribution >= 0.6 is 23.5 Å². The van der Waals surface area contributed by atoms with Crippen LogP contribution in [0.4, 0.5) is 0 Å². The fourth-order valence-corrected chi connectivity index (χ4v) is 3.17. The van der Waals surface area contributed by atoms with Crippen LogP contribution in [0.15, 0.2) is 0 Å². The Balaban J connectivity index is 5.00. The molecule has 0 saturated carbocycles. The van der Waals surface area contributed by atoms with Gasteiger partial charge in [0, 0.05) is 38.2 Å². The molecule has 8 nitrogen and oxygen atoms in total. The maximum Gasteiger partial charge on any atom is 0.264 e. The van der Waals surface area contributed by atoms with E-state index in [2.05, 4.69) is 10.6 Å². The third-order valence-electron chi connectivity index (χ3n) is 3.30. The van der Waals surface area contributed by atoms with E-state index in [0.717, 1.165) is 29.9 Å². The van der Waals surface area contributed by atoms with E-state index in [-0.39, 0.29) is 41.0 Å². The summed E-state index contributed by atoms with van der Waals surface area (Å²) in [6.07, 6.45) is 1.49. The fraction of sp³-hybridized carbons (Fsp3) is 0.688. The van der Waals surface area contributed by atoms with Crippen LogP contribution < -0.4 is 16.4 Å². The highest BCUT2D eigenvalue weighted by molar-refractivity contribution is 8.13. The van der Waals surface area contributed by atoms with Crippen molar-refractivity contribution in [2.24, 2.45) is 5.73 Å². The summed E-state index contributed by atoms with van der Waals surface area (Å²) in [6.45, 7) is 4.70. The molecule has 0 aliphatic rings. The van der Waals surface area contributed by atoms with Crippen LogP contribution in [-0.4, -0.2) is 45.1 Å². The first-order valence-corrected chi connectivity index (χ1v) is 10.3. The van der Waals surface area contributed by atoms with Crippen molar-refractivity contribution in [3.8, 4) is 0 Å². The van der Waals surface area contributed by atoms with Crippen molar-refractivity contribution in [3.05, 3.63) is 0 Å². The lowest BCUT2D eigenvalue weighted by Gasteiger charge is -2.32. The minimum atomic E-state index is -1.67. The Bertz CT molecular complexity index is 506. The molecule has 0 aliphatic carbocycles. The van der Waals surface area contributed by atoms with Crippen LogP contribution in [0, 0.1) is 0 Å². The summed E-state index contributed by atoms with van der Waals surface area (Å²) in [6, 6.07) is 0. The molecule has 0 fully saturated rings. The number of unbranched alkanes of at least 4 members (excludes halogenated alkanes) is 1. The molecule has 0 radical (unpaired) electrons. The molecule has 0 heterocycles. The Hall–Kier alpha value is -1.55. The van der Waals surface area contributed by atoms with E-state index in [9.17, 15) is 24.0 Å². The second-order valence-electron chi connectivity index (χ2n) is 5.65. The summed E-state index contributed by atoms with van der Waals surface area (Å²) < 4.78 is 0. The number of rotatable bonds is 12. The first-order chi connectivity index (χ1) is 12.1. The van der Waals surface area contributed by atoms with Crippen molar-refractivity contribution in [1.29, 1.82) is 0 Å². The summed E-state index contributed by atoms with van der Waals surface area (Å²) in [5.74, 6) is -1.27. The topological polar surface area (TPSA) is 135 Å². The van der Waals surface area contributed by atoms with E-state index in [0.29, 0.717) is 6.42 Å². The number of nitrogens with two attached hydrogens (primary N) is 1. The average molecular weight is 406 g/mol.